The molecular formula is C16H25NO3S. The smallest absolute Gasteiger partial charge is 0.222 e. The summed E-state index contributed by atoms with van der Waals surface area (Å²) in [5.74, 6) is 0.620. The van der Waals surface area contributed by atoms with Gasteiger partial charge in [-0.3, -0.25) is 4.79 Å². The Bertz CT molecular complexity index is 576. The maximum absolute atomic E-state index is 12.1. The van der Waals surface area contributed by atoms with Crippen LogP contribution in [0.1, 0.15) is 45.2 Å². The van der Waals surface area contributed by atoms with E-state index in [0.29, 0.717) is 17.2 Å². The van der Waals surface area contributed by atoms with Crippen molar-refractivity contribution in [2.75, 3.05) is 13.3 Å². The van der Waals surface area contributed by atoms with Gasteiger partial charge in [0.15, 0.2) is 9.84 Å². The summed E-state index contributed by atoms with van der Waals surface area (Å²) in [6.07, 6.45) is 2.61. The van der Waals surface area contributed by atoms with E-state index in [-0.39, 0.29) is 11.9 Å². The molecule has 1 rings (SSSR count). The molecular weight excluding hydrogens is 286 g/mol. The summed E-state index contributed by atoms with van der Waals surface area (Å²) in [6.45, 7) is 6.14. The van der Waals surface area contributed by atoms with E-state index in [2.05, 4.69) is 13.8 Å². The van der Waals surface area contributed by atoms with Crippen molar-refractivity contribution in [1.82, 2.24) is 4.90 Å². The summed E-state index contributed by atoms with van der Waals surface area (Å²) in [6, 6.07) is 6.65. The monoisotopic (exact) mass is 311 g/mol. The Hall–Kier alpha value is -1.36. The van der Waals surface area contributed by atoms with Crippen molar-refractivity contribution in [3.63, 3.8) is 0 Å². The van der Waals surface area contributed by atoms with Gasteiger partial charge in [0.1, 0.15) is 0 Å². The normalized spacial score (nSPS) is 13.2. The zero-order valence-corrected chi connectivity index (χ0v) is 14.3. The maximum atomic E-state index is 12.1. The fraction of sp³-hybridized carbons (Fsp3) is 0.562. The molecule has 0 aliphatic heterocycles. The van der Waals surface area contributed by atoms with E-state index in [1.165, 1.54) is 6.26 Å². The molecule has 4 nitrogen and oxygen atoms in total. The number of rotatable bonds is 6. The zero-order valence-electron chi connectivity index (χ0n) is 13.5. The van der Waals surface area contributed by atoms with Crippen LogP contribution in [0.5, 0.6) is 0 Å². The first-order chi connectivity index (χ1) is 9.62. The SMILES string of the molecule is CC(C)CCC(=O)N(C)C(C)c1ccc(S(C)(=O)=O)cc1. The summed E-state index contributed by atoms with van der Waals surface area (Å²) in [7, 11) is -1.39. The van der Waals surface area contributed by atoms with Crippen molar-refractivity contribution >= 4 is 15.7 Å². The minimum Gasteiger partial charge on any atom is -0.339 e. The number of sulfone groups is 1. The van der Waals surface area contributed by atoms with Crippen molar-refractivity contribution in [1.29, 1.82) is 0 Å². The highest BCUT2D eigenvalue weighted by molar-refractivity contribution is 7.90. The molecule has 1 aromatic rings. The Morgan fingerprint density at radius 2 is 1.67 bits per heavy atom. The Kier molecular flexibility index (Phi) is 5.96. The van der Waals surface area contributed by atoms with Crippen LogP contribution >= 0.6 is 0 Å². The summed E-state index contributed by atoms with van der Waals surface area (Å²) in [5.41, 5.74) is 0.933. The largest absolute Gasteiger partial charge is 0.339 e. The van der Waals surface area contributed by atoms with E-state index in [4.69, 9.17) is 0 Å². The molecule has 0 spiro atoms. The number of carbonyl (C=O) groups is 1. The van der Waals surface area contributed by atoms with E-state index >= 15 is 0 Å². The second-order valence-corrected chi connectivity index (χ2v) is 7.97. The summed E-state index contributed by atoms with van der Waals surface area (Å²) < 4.78 is 22.9. The molecule has 0 aromatic heterocycles. The van der Waals surface area contributed by atoms with E-state index in [0.717, 1.165) is 12.0 Å². The van der Waals surface area contributed by atoms with Gasteiger partial charge in [0, 0.05) is 19.7 Å². The predicted molar refractivity (Wildman–Crippen MR) is 84.8 cm³/mol. The highest BCUT2D eigenvalue weighted by Gasteiger charge is 2.18. The fourth-order valence-electron chi connectivity index (χ4n) is 2.02. The van der Waals surface area contributed by atoms with Gasteiger partial charge >= 0.3 is 0 Å². The summed E-state index contributed by atoms with van der Waals surface area (Å²) >= 11 is 0. The van der Waals surface area contributed by atoms with Crippen LogP contribution in [0.25, 0.3) is 0 Å². The Morgan fingerprint density at radius 1 is 1.14 bits per heavy atom. The molecule has 0 saturated heterocycles. The third kappa shape index (κ3) is 5.16. The molecule has 0 aliphatic rings. The fourth-order valence-corrected chi connectivity index (χ4v) is 2.65. The van der Waals surface area contributed by atoms with Crippen LogP contribution in [0.15, 0.2) is 29.2 Å². The molecule has 1 atom stereocenters. The predicted octanol–water partition coefficient (Wildman–Crippen LogP) is 3.05. The molecule has 1 amide bonds. The number of hydrogen-bond acceptors (Lipinski definition) is 3. The molecule has 0 aliphatic carbocycles. The molecule has 0 saturated carbocycles. The third-order valence-electron chi connectivity index (χ3n) is 3.70. The molecule has 118 valence electrons. The standard InChI is InChI=1S/C16H25NO3S/c1-12(2)6-11-16(18)17(4)13(3)14-7-9-15(10-8-14)21(5,19)20/h7-10,12-13H,6,11H2,1-5H3. The number of hydrogen-bond donors (Lipinski definition) is 0. The average Bonchev–Trinajstić information content (AvgIpc) is 2.42. The lowest BCUT2D eigenvalue weighted by molar-refractivity contribution is -0.132. The number of nitrogens with zero attached hydrogens (tertiary/aromatic N) is 1. The van der Waals surface area contributed by atoms with Crippen LogP contribution < -0.4 is 0 Å². The van der Waals surface area contributed by atoms with Gasteiger partial charge in [-0.05, 0) is 37.0 Å². The van der Waals surface area contributed by atoms with E-state index in [1.54, 1.807) is 36.2 Å². The van der Waals surface area contributed by atoms with Gasteiger partial charge in [-0.15, -0.1) is 0 Å². The molecule has 0 heterocycles. The first-order valence-electron chi connectivity index (χ1n) is 7.18. The van der Waals surface area contributed by atoms with Crippen LogP contribution in [0.2, 0.25) is 0 Å². The van der Waals surface area contributed by atoms with Gasteiger partial charge in [0.2, 0.25) is 5.91 Å². The lowest BCUT2D eigenvalue weighted by atomic mass is 10.0. The van der Waals surface area contributed by atoms with Crippen molar-refractivity contribution in [3.8, 4) is 0 Å². The molecule has 5 heteroatoms. The Morgan fingerprint density at radius 3 is 2.10 bits per heavy atom. The topological polar surface area (TPSA) is 54.5 Å². The van der Waals surface area contributed by atoms with Crippen molar-refractivity contribution in [2.45, 2.75) is 44.6 Å². The Labute approximate surface area is 128 Å². The van der Waals surface area contributed by atoms with Crippen molar-refractivity contribution < 1.29 is 13.2 Å². The van der Waals surface area contributed by atoms with Crippen LogP contribution in [0, 0.1) is 5.92 Å². The van der Waals surface area contributed by atoms with E-state index in [1.807, 2.05) is 6.92 Å². The molecule has 21 heavy (non-hydrogen) atoms. The average molecular weight is 311 g/mol. The van der Waals surface area contributed by atoms with E-state index in [9.17, 15) is 13.2 Å². The van der Waals surface area contributed by atoms with Gasteiger partial charge in [-0.1, -0.05) is 26.0 Å². The first kappa shape index (κ1) is 17.7. The minimum atomic E-state index is -3.18. The quantitative estimate of drug-likeness (QED) is 0.811. The maximum Gasteiger partial charge on any atom is 0.222 e. The van der Waals surface area contributed by atoms with Gasteiger partial charge in [0.05, 0.1) is 10.9 Å². The number of carbonyl (C=O) groups excluding carboxylic acids is 1. The number of benzene rings is 1. The second-order valence-electron chi connectivity index (χ2n) is 5.95. The molecule has 0 N–H and O–H groups in total. The lowest BCUT2D eigenvalue weighted by Gasteiger charge is -2.26. The van der Waals surface area contributed by atoms with E-state index < -0.39 is 9.84 Å². The number of amides is 1. The summed E-state index contributed by atoms with van der Waals surface area (Å²) in [4.78, 5) is 14.1. The highest BCUT2D eigenvalue weighted by atomic mass is 32.2. The zero-order chi connectivity index (χ0) is 16.2. The van der Waals surface area contributed by atoms with Crippen LogP contribution in [-0.4, -0.2) is 32.5 Å². The van der Waals surface area contributed by atoms with Crippen LogP contribution in [0.4, 0.5) is 0 Å². The highest BCUT2D eigenvalue weighted by Crippen LogP contribution is 2.22. The Balaban J connectivity index is 2.78. The molecule has 1 aromatic carbocycles. The molecule has 0 radical (unpaired) electrons. The van der Waals surface area contributed by atoms with Gasteiger partial charge < -0.3 is 4.90 Å². The first-order valence-corrected chi connectivity index (χ1v) is 9.07. The van der Waals surface area contributed by atoms with Crippen LogP contribution in [-0.2, 0) is 14.6 Å². The van der Waals surface area contributed by atoms with Crippen molar-refractivity contribution in [2.24, 2.45) is 5.92 Å². The van der Waals surface area contributed by atoms with Gasteiger partial charge in [0.25, 0.3) is 0 Å². The van der Waals surface area contributed by atoms with Gasteiger partial charge in [-0.2, -0.15) is 0 Å². The summed E-state index contributed by atoms with van der Waals surface area (Å²) in [5, 5.41) is 0. The van der Waals surface area contributed by atoms with Gasteiger partial charge in [-0.25, -0.2) is 8.42 Å². The molecule has 0 bridgehead atoms. The van der Waals surface area contributed by atoms with Crippen molar-refractivity contribution in [3.05, 3.63) is 29.8 Å². The van der Waals surface area contributed by atoms with Crippen LogP contribution in [0.3, 0.4) is 0 Å². The lowest BCUT2D eigenvalue weighted by Crippen LogP contribution is -2.29. The minimum absolute atomic E-state index is 0.0710. The molecule has 0 fully saturated rings. The second kappa shape index (κ2) is 7.07. The third-order valence-corrected chi connectivity index (χ3v) is 4.83. The molecule has 1 unspecified atom stereocenters.